The Bertz CT molecular complexity index is 1920. The summed E-state index contributed by atoms with van der Waals surface area (Å²) in [5.41, 5.74) is 3.79. The number of fused-ring (bicyclic) bond motifs is 1. The zero-order chi connectivity index (χ0) is 28.0. The molecule has 3 aromatic heterocycles. The molecule has 1 aromatic carbocycles. The quantitative estimate of drug-likeness (QED) is 0.341. The number of anilines is 2. The van der Waals surface area contributed by atoms with Gasteiger partial charge in [0, 0.05) is 41.5 Å². The van der Waals surface area contributed by atoms with Crippen molar-refractivity contribution in [3.8, 4) is 0 Å². The van der Waals surface area contributed by atoms with E-state index < -0.39 is 30.2 Å². The number of benzene rings is 1. The van der Waals surface area contributed by atoms with Crippen LogP contribution in [0.25, 0.3) is 16.5 Å². The first kappa shape index (κ1) is 26.6. The topological polar surface area (TPSA) is 131 Å². The van der Waals surface area contributed by atoms with E-state index in [1.165, 1.54) is 18.6 Å². The smallest absolute Gasteiger partial charge is 0.273 e. The summed E-state index contributed by atoms with van der Waals surface area (Å²) in [7, 11) is -7.30. The zero-order valence-corrected chi connectivity index (χ0v) is 23.3. The highest BCUT2D eigenvalue weighted by Crippen LogP contribution is 2.41. The summed E-state index contributed by atoms with van der Waals surface area (Å²) in [6.07, 6.45) is 11.2. The van der Waals surface area contributed by atoms with Gasteiger partial charge in [-0.2, -0.15) is 0 Å². The molecule has 0 saturated heterocycles. The third-order valence-electron chi connectivity index (χ3n) is 7.09. The molecule has 9 nitrogen and oxygen atoms in total. The van der Waals surface area contributed by atoms with E-state index in [9.17, 15) is 21.6 Å². The number of rotatable bonds is 7. The van der Waals surface area contributed by atoms with Crippen LogP contribution in [0.4, 0.5) is 11.4 Å². The van der Waals surface area contributed by atoms with Crippen LogP contribution in [0.5, 0.6) is 0 Å². The molecule has 0 fully saturated rings. The highest BCUT2D eigenvalue weighted by Gasteiger charge is 2.43. The van der Waals surface area contributed by atoms with E-state index in [1.807, 2.05) is 30.4 Å². The molecule has 39 heavy (non-hydrogen) atoms. The Balaban J connectivity index is 1.57. The number of aromatic nitrogens is 3. The largest absolute Gasteiger partial charge is 0.354 e. The fourth-order valence-electron chi connectivity index (χ4n) is 4.82. The van der Waals surface area contributed by atoms with Crippen LogP contribution in [-0.4, -0.2) is 41.8 Å². The molecule has 0 bridgehead atoms. The SMILES string of the molecule is CC1=CC(c2cc(CS(C)(=O)=O)ccc2Nc2cccnc2)=CCC1(C)S(=O)(=O)n1ccc2cc[nH]c(=O)c21. The second kappa shape index (κ2) is 9.65. The molecule has 0 aliphatic heterocycles. The number of aromatic amines is 1. The molecule has 1 atom stereocenters. The van der Waals surface area contributed by atoms with Crippen molar-refractivity contribution >= 4 is 47.7 Å². The maximum atomic E-state index is 14.0. The molecule has 202 valence electrons. The lowest BCUT2D eigenvalue weighted by atomic mass is 9.86. The van der Waals surface area contributed by atoms with E-state index >= 15 is 0 Å². The summed E-state index contributed by atoms with van der Waals surface area (Å²) < 4.78 is 51.7. The van der Waals surface area contributed by atoms with E-state index in [2.05, 4.69) is 15.3 Å². The van der Waals surface area contributed by atoms with Gasteiger partial charge in [0.05, 0.1) is 17.6 Å². The van der Waals surface area contributed by atoms with Gasteiger partial charge in [0.25, 0.3) is 5.56 Å². The van der Waals surface area contributed by atoms with Crippen molar-refractivity contribution < 1.29 is 16.8 Å². The van der Waals surface area contributed by atoms with Gasteiger partial charge >= 0.3 is 0 Å². The number of nitrogens with zero attached hydrogens (tertiary/aromatic N) is 2. The lowest BCUT2D eigenvalue weighted by molar-refractivity contribution is 0.547. The standard InChI is InChI=1S/C28H28N4O5S2/c1-19-15-22(8-11-28(19,2)39(36,37)32-14-10-21-9-13-30-27(33)26(21)32)24-16-20(18-38(3,34)35)6-7-25(24)31-23-5-4-12-29-17-23/h4-10,12-17,31H,11,18H2,1-3H3,(H,30,33). The second-order valence-corrected chi connectivity index (χ2v) is 14.4. The molecule has 1 unspecified atom stereocenters. The fourth-order valence-corrected chi connectivity index (χ4v) is 7.45. The fraction of sp³-hybridized carbons (Fsp3) is 0.214. The Kier molecular flexibility index (Phi) is 6.59. The first-order valence-corrected chi connectivity index (χ1v) is 15.7. The van der Waals surface area contributed by atoms with E-state index in [-0.39, 0.29) is 17.7 Å². The van der Waals surface area contributed by atoms with Gasteiger partial charge in [0.2, 0.25) is 10.0 Å². The minimum absolute atomic E-state index is 0.0812. The van der Waals surface area contributed by atoms with E-state index in [0.29, 0.717) is 16.5 Å². The Hall–Kier alpha value is -3.96. The number of nitrogens with one attached hydrogen (secondary N) is 2. The van der Waals surface area contributed by atoms with Crippen LogP contribution in [0.1, 0.15) is 31.4 Å². The number of sulfone groups is 1. The minimum Gasteiger partial charge on any atom is -0.354 e. The van der Waals surface area contributed by atoms with E-state index in [1.54, 1.807) is 50.5 Å². The van der Waals surface area contributed by atoms with Crippen LogP contribution in [0.2, 0.25) is 0 Å². The first-order valence-electron chi connectivity index (χ1n) is 12.2. The summed E-state index contributed by atoms with van der Waals surface area (Å²) in [6, 6.07) is 12.3. The lowest BCUT2D eigenvalue weighted by Gasteiger charge is -2.33. The summed E-state index contributed by atoms with van der Waals surface area (Å²) in [5, 5.41) is 3.87. The van der Waals surface area contributed by atoms with Gasteiger partial charge in [-0.3, -0.25) is 9.78 Å². The van der Waals surface area contributed by atoms with Gasteiger partial charge in [0.15, 0.2) is 9.84 Å². The summed E-state index contributed by atoms with van der Waals surface area (Å²) in [6.45, 7) is 3.41. The van der Waals surface area contributed by atoms with Crippen LogP contribution in [0.15, 0.2) is 89.8 Å². The first-order chi connectivity index (χ1) is 18.4. The lowest BCUT2D eigenvalue weighted by Crippen LogP contribution is -2.41. The predicted octanol–water partition coefficient (Wildman–Crippen LogP) is 4.38. The van der Waals surface area contributed by atoms with Crippen LogP contribution in [-0.2, 0) is 25.6 Å². The highest BCUT2D eigenvalue weighted by atomic mass is 32.2. The summed E-state index contributed by atoms with van der Waals surface area (Å²) in [5.74, 6) is -0.121. The normalized spacial score (nSPS) is 18.0. The second-order valence-electron chi connectivity index (χ2n) is 9.97. The van der Waals surface area contributed by atoms with Crippen LogP contribution >= 0.6 is 0 Å². The molecule has 0 saturated carbocycles. The Labute approximate surface area is 226 Å². The van der Waals surface area contributed by atoms with Gasteiger partial charge in [-0.25, -0.2) is 20.8 Å². The zero-order valence-electron chi connectivity index (χ0n) is 21.7. The van der Waals surface area contributed by atoms with E-state index in [0.717, 1.165) is 26.5 Å². The molecule has 0 spiro atoms. The van der Waals surface area contributed by atoms with Crippen molar-refractivity contribution in [2.45, 2.75) is 30.8 Å². The average molecular weight is 565 g/mol. The van der Waals surface area contributed by atoms with Crippen molar-refractivity contribution in [2.24, 2.45) is 0 Å². The van der Waals surface area contributed by atoms with Crippen molar-refractivity contribution in [1.29, 1.82) is 0 Å². The number of hydrogen-bond donors (Lipinski definition) is 2. The van der Waals surface area contributed by atoms with Gasteiger partial charge in [-0.15, -0.1) is 0 Å². The number of allylic oxidation sites excluding steroid dienone is 3. The van der Waals surface area contributed by atoms with Gasteiger partial charge in [-0.1, -0.05) is 18.2 Å². The number of pyridine rings is 2. The predicted molar refractivity (Wildman–Crippen MR) is 154 cm³/mol. The Morgan fingerprint density at radius 1 is 1.13 bits per heavy atom. The van der Waals surface area contributed by atoms with Crippen molar-refractivity contribution in [3.63, 3.8) is 0 Å². The van der Waals surface area contributed by atoms with Crippen molar-refractivity contribution in [1.82, 2.24) is 13.9 Å². The number of hydrogen-bond acceptors (Lipinski definition) is 7. The molecule has 5 rings (SSSR count). The van der Waals surface area contributed by atoms with E-state index in [4.69, 9.17) is 0 Å². The Morgan fingerprint density at radius 3 is 2.62 bits per heavy atom. The molecule has 4 aromatic rings. The summed E-state index contributed by atoms with van der Waals surface area (Å²) >= 11 is 0. The molecular weight excluding hydrogens is 536 g/mol. The molecule has 1 aliphatic rings. The van der Waals surface area contributed by atoms with Crippen molar-refractivity contribution in [3.05, 3.63) is 106 Å². The number of H-pyrrole nitrogens is 1. The van der Waals surface area contributed by atoms with Crippen LogP contribution in [0.3, 0.4) is 0 Å². The maximum absolute atomic E-state index is 14.0. The van der Waals surface area contributed by atoms with Gasteiger partial charge < -0.3 is 10.3 Å². The molecule has 3 heterocycles. The van der Waals surface area contributed by atoms with Gasteiger partial charge in [-0.05, 0) is 73.4 Å². The van der Waals surface area contributed by atoms with Crippen LogP contribution in [0, 0.1) is 0 Å². The maximum Gasteiger partial charge on any atom is 0.273 e. The summed E-state index contributed by atoms with van der Waals surface area (Å²) in [4.78, 5) is 19.2. The molecule has 11 heteroatoms. The Morgan fingerprint density at radius 2 is 1.92 bits per heavy atom. The third kappa shape index (κ3) is 4.95. The highest BCUT2D eigenvalue weighted by molar-refractivity contribution is 7.91. The molecular formula is C28H28N4O5S2. The third-order valence-corrected chi connectivity index (χ3v) is 10.4. The van der Waals surface area contributed by atoms with Crippen molar-refractivity contribution in [2.75, 3.05) is 11.6 Å². The average Bonchev–Trinajstić information content (AvgIpc) is 3.33. The molecule has 0 radical (unpaired) electrons. The van der Waals surface area contributed by atoms with Crippen LogP contribution < -0.4 is 10.9 Å². The molecule has 1 aliphatic carbocycles. The molecule has 0 amide bonds. The monoisotopic (exact) mass is 564 g/mol. The van der Waals surface area contributed by atoms with Gasteiger partial charge in [0.1, 0.15) is 10.3 Å². The minimum atomic E-state index is -4.03. The molecule has 2 N–H and O–H groups in total.